The molecule has 0 fully saturated rings. The van der Waals surface area contributed by atoms with Gasteiger partial charge in [0.2, 0.25) is 0 Å². The Bertz CT molecular complexity index is 1440. The molecule has 11 heteroatoms. The highest BCUT2D eigenvalue weighted by atomic mass is 35.5. The first-order chi connectivity index (χ1) is 15.8. The van der Waals surface area contributed by atoms with Crippen molar-refractivity contribution in [2.75, 3.05) is 11.3 Å². The van der Waals surface area contributed by atoms with Crippen LogP contribution in [-0.2, 0) is 16.4 Å². The second kappa shape index (κ2) is 9.38. The van der Waals surface area contributed by atoms with Gasteiger partial charge < -0.3 is 10.3 Å². The van der Waals surface area contributed by atoms with Crippen molar-refractivity contribution in [1.82, 2.24) is 15.3 Å². The third-order valence-electron chi connectivity index (χ3n) is 4.87. The third-order valence-corrected chi connectivity index (χ3v) is 6.87. The van der Waals surface area contributed by atoms with E-state index in [0.717, 1.165) is 11.8 Å². The summed E-state index contributed by atoms with van der Waals surface area (Å²) in [4.78, 5) is 18.8. The highest BCUT2D eigenvalue weighted by Gasteiger charge is 2.25. The zero-order valence-corrected chi connectivity index (χ0v) is 19.2. The number of carbonyl (C=O) groups excluding carboxylic acids is 1. The van der Waals surface area contributed by atoms with Crippen molar-refractivity contribution >= 4 is 55.7 Å². The summed E-state index contributed by atoms with van der Waals surface area (Å²) in [7, 11) is -4.38. The summed E-state index contributed by atoms with van der Waals surface area (Å²) in [6.45, 7) is 0.209. The molecule has 4 aromatic rings. The van der Waals surface area contributed by atoms with Crippen LogP contribution in [0.3, 0.4) is 0 Å². The molecule has 0 aliphatic carbocycles. The van der Waals surface area contributed by atoms with Crippen molar-refractivity contribution in [1.29, 1.82) is 0 Å². The fraction of sp³-hybridized carbons (Fsp3) is 0.0909. The third kappa shape index (κ3) is 4.80. The van der Waals surface area contributed by atoms with E-state index < -0.39 is 26.6 Å². The van der Waals surface area contributed by atoms with Gasteiger partial charge in [-0.1, -0.05) is 35.3 Å². The number of amides is 1. The Morgan fingerprint density at radius 3 is 2.64 bits per heavy atom. The van der Waals surface area contributed by atoms with Gasteiger partial charge in [0.1, 0.15) is 4.90 Å². The molecule has 0 spiro atoms. The minimum absolute atomic E-state index is 0.130. The number of aromatic amines is 1. The molecule has 0 radical (unpaired) electrons. The van der Waals surface area contributed by atoms with Gasteiger partial charge >= 0.3 is 0 Å². The molecule has 7 nitrogen and oxygen atoms in total. The first-order valence-electron chi connectivity index (χ1n) is 9.72. The number of halogens is 3. The van der Waals surface area contributed by atoms with E-state index in [0.29, 0.717) is 27.4 Å². The monoisotopic (exact) mass is 506 g/mol. The largest absolute Gasteiger partial charge is 0.358 e. The number of anilines is 1. The van der Waals surface area contributed by atoms with Crippen molar-refractivity contribution in [3.63, 3.8) is 0 Å². The Kier molecular flexibility index (Phi) is 6.55. The van der Waals surface area contributed by atoms with Crippen LogP contribution in [0.15, 0.2) is 65.8 Å². The van der Waals surface area contributed by atoms with Crippen LogP contribution in [0.2, 0.25) is 10.0 Å². The number of rotatable bonds is 7. The van der Waals surface area contributed by atoms with Crippen LogP contribution in [0.25, 0.3) is 10.9 Å². The number of nitrogens with one attached hydrogen (secondary N) is 3. The Morgan fingerprint density at radius 2 is 1.88 bits per heavy atom. The van der Waals surface area contributed by atoms with Gasteiger partial charge in [0.25, 0.3) is 15.9 Å². The number of carbonyl (C=O) groups is 1. The summed E-state index contributed by atoms with van der Waals surface area (Å²) in [5.41, 5.74) is 0.853. The van der Waals surface area contributed by atoms with Gasteiger partial charge in [0.15, 0.2) is 5.82 Å². The molecule has 0 saturated heterocycles. The fourth-order valence-corrected chi connectivity index (χ4v) is 5.02. The van der Waals surface area contributed by atoms with Crippen LogP contribution in [-0.4, -0.2) is 30.8 Å². The molecule has 2 aromatic carbocycles. The molecule has 2 aromatic heterocycles. The Morgan fingerprint density at radius 1 is 1.06 bits per heavy atom. The number of pyridine rings is 1. The highest BCUT2D eigenvalue weighted by Crippen LogP contribution is 2.35. The lowest BCUT2D eigenvalue weighted by molar-refractivity contribution is 0.0949. The minimum Gasteiger partial charge on any atom is -0.358 e. The second-order valence-corrected chi connectivity index (χ2v) is 9.50. The fourth-order valence-electron chi connectivity index (χ4n) is 3.29. The summed E-state index contributed by atoms with van der Waals surface area (Å²) in [5, 5.41) is 3.65. The maximum Gasteiger partial charge on any atom is 0.264 e. The van der Waals surface area contributed by atoms with Crippen molar-refractivity contribution in [3.05, 3.63) is 88.0 Å². The van der Waals surface area contributed by atoms with Gasteiger partial charge in [-0.3, -0.25) is 14.5 Å². The zero-order chi connectivity index (χ0) is 23.6. The molecule has 0 bridgehead atoms. The normalized spacial score (nSPS) is 11.5. The van der Waals surface area contributed by atoms with Gasteiger partial charge in [-0.15, -0.1) is 0 Å². The van der Waals surface area contributed by atoms with Gasteiger partial charge in [-0.25, -0.2) is 12.8 Å². The number of sulfonamides is 1. The number of nitrogens with zero attached hydrogens (tertiary/aromatic N) is 1. The number of hydrogen-bond acceptors (Lipinski definition) is 4. The molecular formula is C22H17Cl2FN4O3S. The molecule has 4 rings (SSSR count). The van der Waals surface area contributed by atoms with Crippen LogP contribution in [0.4, 0.5) is 10.1 Å². The van der Waals surface area contributed by atoms with E-state index >= 15 is 4.39 Å². The van der Waals surface area contributed by atoms with Crippen LogP contribution in [0.1, 0.15) is 16.1 Å². The first-order valence-corrected chi connectivity index (χ1v) is 12.0. The van der Waals surface area contributed by atoms with Gasteiger partial charge in [0, 0.05) is 36.4 Å². The Balaban J connectivity index is 1.56. The molecule has 0 atom stereocenters. The lowest BCUT2D eigenvalue weighted by atomic mass is 10.2. The summed E-state index contributed by atoms with van der Waals surface area (Å²) < 4.78 is 43.4. The van der Waals surface area contributed by atoms with Crippen molar-refractivity contribution in [2.45, 2.75) is 11.3 Å². The van der Waals surface area contributed by atoms with Gasteiger partial charge in [-0.05, 0) is 36.4 Å². The lowest BCUT2D eigenvalue weighted by Gasteiger charge is -2.12. The van der Waals surface area contributed by atoms with Crippen molar-refractivity contribution in [2.24, 2.45) is 0 Å². The average Bonchev–Trinajstić information content (AvgIpc) is 3.19. The molecule has 1 amide bonds. The number of hydrogen-bond donors (Lipinski definition) is 3. The van der Waals surface area contributed by atoms with Crippen molar-refractivity contribution < 1.29 is 17.6 Å². The predicted octanol–water partition coefficient (Wildman–Crippen LogP) is 4.78. The van der Waals surface area contributed by atoms with Crippen LogP contribution in [0.5, 0.6) is 0 Å². The maximum atomic E-state index is 15.1. The topological polar surface area (TPSA) is 104 Å². The van der Waals surface area contributed by atoms with E-state index in [1.807, 2.05) is 6.07 Å². The molecule has 0 aliphatic heterocycles. The van der Waals surface area contributed by atoms with Gasteiger partial charge in [-0.2, -0.15) is 0 Å². The molecule has 0 unspecified atom stereocenters. The average molecular weight is 507 g/mol. The molecule has 3 N–H and O–H groups in total. The second-order valence-electron chi connectivity index (χ2n) is 7.03. The minimum atomic E-state index is -4.38. The summed E-state index contributed by atoms with van der Waals surface area (Å²) in [5.74, 6) is -1.89. The Hall–Kier alpha value is -3.14. The summed E-state index contributed by atoms with van der Waals surface area (Å²) >= 11 is 12.2. The number of aromatic nitrogens is 2. The molecule has 170 valence electrons. The molecule has 33 heavy (non-hydrogen) atoms. The molecule has 0 aliphatic rings. The Labute approximate surface area is 199 Å². The van der Waals surface area contributed by atoms with E-state index in [2.05, 4.69) is 20.0 Å². The number of benzene rings is 2. The van der Waals surface area contributed by atoms with E-state index in [-0.39, 0.29) is 17.8 Å². The molecule has 2 heterocycles. The van der Waals surface area contributed by atoms with E-state index in [4.69, 9.17) is 23.2 Å². The summed E-state index contributed by atoms with van der Waals surface area (Å²) in [6, 6.07) is 11.9. The SMILES string of the molecule is O=C(NCCc1ccccn1)c1cccc(S(=O)(=O)Nc2ccc(Cl)c3c(Cl)c[nH]c23)c1F. The van der Waals surface area contributed by atoms with E-state index in [1.54, 1.807) is 18.3 Å². The summed E-state index contributed by atoms with van der Waals surface area (Å²) in [6.07, 6.45) is 3.54. The quantitative estimate of drug-likeness (QED) is 0.335. The van der Waals surface area contributed by atoms with Gasteiger partial charge in [0.05, 0.1) is 26.8 Å². The highest BCUT2D eigenvalue weighted by molar-refractivity contribution is 7.92. The standard InChI is InChI=1S/C22H17Cl2FN4O3S/c23-15-7-8-17(21-19(15)16(24)12-28-21)29-33(31,32)18-6-3-5-14(20(18)25)22(30)27-11-9-13-4-1-2-10-26-13/h1-8,10,12,28-29H,9,11H2,(H,27,30). The number of H-pyrrole nitrogens is 1. The van der Waals surface area contributed by atoms with E-state index in [9.17, 15) is 13.2 Å². The maximum absolute atomic E-state index is 15.1. The number of fused-ring (bicyclic) bond motifs is 1. The smallest absolute Gasteiger partial charge is 0.264 e. The van der Waals surface area contributed by atoms with Crippen LogP contribution < -0.4 is 10.0 Å². The molecular weight excluding hydrogens is 490 g/mol. The first kappa shape index (κ1) is 23.0. The van der Waals surface area contributed by atoms with Crippen LogP contribution >= 0.6 is 23.2 Å². The van der Waals surface area contributed by atoms with E-state index in [1.165, 1.54) is 30.5 Å². The molecule has 0 saturated carbocycles. The lowest BCUT2D eigenvalue weighted by Crippen LogP contribution is -2.27. The van der Waals surface area contributed by atoms with Crippen LogP contribution in [0, 0.1) is 5.82 Å². The van der Waals surface area contributed by atoms with Crippen molar-refractivity contribution in [3.8, 4) is 0 Å². The zero-order valence-electron chi connectivity index (χ0n) is 16.9. The predicted molar refractivity (Wildman–Crippen MR) is 126 cm³/mol.